The molecule has 11 heteroatoms. The van der Waals surface area contributed by atoms with Gasteiger partial charge in [0.2, 0.25) is 0 Å². The third kappa shape index (κ3) is 3.81. The Kier molecular flexibility index (Phi) is 6.27. The van der Waals surface area contributed by atoms with Crippen molar-refractivity contribution in [3.05, 3.63) is 0 Å². The van der Waals surface area contributed by atoms with Gasteiger partial charge in [-0.05, 0) is 0 Å². The van der Waals surface area contributed by atoms with Gasteiger partial charge in [0, 0.05) is 0 Å². The monoisotopic (exact) mass is 342 g/mol. The third-order valence-corrected chi connectivity index (χ3v) is 3.96. The molecule has 0 aliphatic carbocycles. The summed E-state index contributed by atoms with van der Waals surface area (Å²) in [6.45, 7) is -1.10. The summed E-state index contributed by atoms with van der Waals surface area (Å²) >= 11 is 0. The van der Waals surface area contributed by atoms with Crippen LogP contribution < -0.4 is 0 Å². The van der Waals surface area contributed by atoms with Crippen molar-refractivity contribution in [1.82, 2.24) is 0 Å². The largest absolute Gasteiger partial charge is 0.394 e. The van der Waals surface area contributed by atoms with Crippen molar-refractivity contribution in [3.8, 4) is 0 Å². The highest BCUT2D eigenvalue weighted by Crippen LogP contribution is 2.24. The zero-order chi connectivity index (χ0) is 17.3. The Morgan fingerprint density at radius 1 is 0.652 bits per heavy atom. The molecule has 0 unspecified atom stereocenters. The zero-order valence-electron chi connectivity index (χ0n) is 12.0. The van der Waals surface area contributed by atoms with Crippen LogP contribution in [-0.4, -0.2) is 115 Å². The number of ether oxygens (including phenoxy) is 3. The summed E-state index contributed by atoms with van der Waals surface area (Å²) < 4.78 is 15.1. The molecule has 0 spiro atoms. The Hall–Kier alpha value is -0.440. The van der Waals surface area contributed by atoms with Gasteiger partial charge in [0.05, 0.1) is 13.2 Å². The first-order valence-electron chi connectivity index (χ1n) is 7.07. The van der Waals surface area contributed by atoms with E-state index in [9.17, 15) is 35.7 Å². The fraction of sp³-hybridized carbons (Fsp3) is 1.00. The van der Waals surface area contributed by atoms with Crippen molar-refractivity contribution in [3.63, 3.8) is 0 Å². The molecule has 11 nitrogen and oxygen atoms in total. The summed E-state index contributed by atoms with van der Waals surface area (Å²) in [7, 11) is 0. The molecule has 2 aliphatic heterocycles. The smallest absolute Gasteiger partial charge is 0.186 e. The minimum atomic E-state index is -1.74. The van der Waals surface area contributed by atoms with Gasteiger partial charge in [-0.15, -0.1) is 0 Å². The summed E-state index contributed by atoms with van der Waals surface area (Å²) in [5.74, 6) is 0. The van der Waals surface area contributed by atoms with E-state index in [0.29, 0.717) is 0 Å². The molecule has 0 aromatic carbocycles. The SMILES string of the molecule is OC[C@@H]1O[C@H](OC[C@H]2O[C@@H](O)[C@@H](O)[C@@H](O)[C@@H]2O)[C@H](O)[C@@H](O)[C@@H]1O. The summed E-state index contributed by atoms with van der Waals surface area (Å²) in [5.41, 5.74) is 0. The number of aliphatic hydroxyl groups is 8. The Morgan fingerprint density at radius 3 is 1.83 bits per heavy atom. The lowest BCUT2D eigenvalue weighted by atomic mass is 9.98. The first-order chi connectivity index (χ1) is 10.8. The minimum absolute atomic E-state index is 0.468. The summed E-state index contributed by atoms with van der Waals surface area (Å²) in [6.07, 6.45) is -15.3. The van der Waals surface area contributed by atoms with Crippen molar-refractivity contribution in [2.45, 2.75) is 61.4 Å². The number of rotatable bonds is 4. The minimum Gasteiger partial charge on any atom is -0.394 e. The Balaban J connectivity index is 1.94. The molecule has 0 bridgehead atoms. The molecule has 23 heavy (non-hydrogen) atoms. The van der Waals surface area contributed by atoms with E-state index in [4.69, 9.17) is 19.3 Å². The molecule has 2 aliphatic rings. The van der Waals surface area contributed by atoms with E-state index in [0.717, 1.165) is 0 Å². The number of hydrogen-bond donors (Lipinski definition) is 8. The average molecular weight is 342 g/mol. The van der Waals surface area contributed by atoms with Crippen LogP contribution in [0.3, 0.4) is 0 Å². The van der Waals surface area contributed by atoms with Gasteiger partial charge < -0.3 is 55.1 Å². The zero-order valence-corrected chi connectivity index (χ0v) is 12.0. The van der Waals surface area contributed by atoms with Crippen molar-refractivity contribution in [2.24, 2.45) is 0 Å². The summed E-state index contributed by atoms with van der Waals surface area (Å²) in [5, 5.41) is 76.1. The van der Waals surface area contributed by atoms with Crippen LogP contribution >= 0.6 is 0 Å². The molecule has 0 aromatic rings. The van der Waals surface area contributed by atoms with Crippen molar-refractivity contribution >= 4 is 0 Å². The molecule has 2 saturated heterocycles. The van der Waals surface area contributed by atoms with Gasteiger partial charge in [0.15, 0.2) is 12.6 Å². The van der Waals surface area contributed by atoms with Crippen LogP contribution in [0.25, 0.3) is 0 Å². The molecule has 2 heterocycles. The molecule has 10 atom stereocenters. The van der Waals surface area contributed by atoms with E-state index in [1.165, 1.54) is 0 Å². The standard InChI is InChI=1S/C12H22O11/c13-1-3-5(14)8(17)10(19)12(23-3)21-2-4-6(15)7(16)9(18)11(20)22-4/h3-20H,1-2H2/t3-,4+,5+,6+,7-,8-,9-,10+,11+,12-/m0/s1. The highest BCUT2D eigenvalue weighted by atomic mass is 16.7. The Morgan fingerprint density at radius 2 is 1.22 bits per heavy atom. The number of hydrogen-bond acceptors (Lipinski definition) is 11. The first kappa shape index (κ1) is 18.9. The number of aliphatic hydroxyl groups excluding tert-OH is 8. The Labute approximate surface area is 130 Å². The van der Waals surface area contributed by atoms with Crippen molar-refractivity contribution in [1.29, 1.82) is 0 Å². The molecule has 136 valence electrons. The van der Waals surface area contributed by atoms with E-state index in [-0.39, 0.29) is 0 Å². The fourth-order valence-electron chi connectivity index (χ4n) is 2.46. The van der Waals surface area contributed by atoms with Crippen LogP contribution in [0.2, 0.25) is 0 Å². The Bertz CT molecular complexity index is 380. The molecule has 2 fully saturated rings. The van der Waals surface area contributed by atoms with Gasteiger partial charge in [-0.1, -0.05) is 0 Å². The summed E-state index contributed by atoms with van der Waals surface area (Å²) in [4.78, 5) is 0. The molecular formula is C12H22O11. The maximum Gasteiger partial charge on any atom is 0.186 e. The van der Waals surface area contributed by atoms with Crippen LogP contribution in [0.5, 0.6) is 0 Å². The predicted molar refractivity (Wildman–Crippen MR) is 68.6 cm³/mol. The van der Waals surface area contributed by atoms with Crippen LogP contribution in [-0.2, 0) is 14.2 Å². The van der Waals surface area contributed by atoms with Crippen LogP contribution in [0.4, 0.5) is 0 Å². The maximum absolute atomic E-state index is 9.78. The van der Waals surface area contributed by atoms with Gasteiger partial charge >= 0.3 is 0 Å². The van der Waals surface area contributed by atoms with Crippen LogP contribution in [0, 0.1) is 0 Å². The van der Waals surface area contributed by atoms with E-state index in [1.54, 1.807) is 0 Å². The fourth-order valence-corrected chi connectivity index (χ4v) is 2.46. The van der Waals surface area contributed by atoms with Gasteiger partial charge in [0.1, 0.15) is 48.8 Å². The normalized spacial score (nSPS) is 51.7. The van der Waals surface area contributed by atoms with E-state index in [2.05, 4.69) is 0 Å². The van der Waals surface area contributed by atoms with Gasteiger partial charge in [-0.3, -0.25) is 0 Å². The second-order valence-corrected chi connectivity index (χ2v) is 5.57. The molecule has 0 radical (unpaired) electrons. The average Bonchev–Trinajstić information content (AvgIpc) is 2.54. The van der Waals surface area contributed by atoms with Gasteiger partial charge in [-0.25, -0.2) is 0 Å². The molecule has 0 amide bonds. The lowest BCUT2D eigenvalue weighted by Crippen LogP contribution is -2.61. The third-order valence-electron chi connectivity index (χ3n) is 3.96. The highest BCUT2D eigenvalue weighted by molar-refractivity contribution is 4.91. The molecule has 2 rings (SSSR count). The van der Waals surface area contributed by atoms with E-state index in [1.807, 2.05) is 0 Å². The molecule has 0 aromatic heterocycles. The second-order valence-electron chi connectivity index (χ2n) is 5.57. The lowest BCUT2D eigenvalue weighted by molar-refractivity contribution is -0.325. The quantitative estimate of drug-likeness (QED) is 0.243. The van der Waals surface area contributed by atoms with E-state index >= 15 is 0 Å². The molecular weight excluding hydrogens is 320 g/mol. The topological polar surface area (TPSA) is 190 Å². The molecule has 8 N–H and O–H groups in total. The summed E-state index contributed by atoms with van der Waals surface area (Å²) in [6, 6.07) is 0. The predicted octanol–water partition coefficient (Wildman–Crippen LogP) is -5.40. The lowest BCUT2D eigenvalue weighted by Gasteiger charge is -2.41. The van der Waals surface area contributed by atoms with Gasteiger partial charge in [0.25, 0.3) is 0 Å². The highest BCUT2D eigenvalue weighted by Gasteiger charge is 2.46. The van der Waals surface area contributed by atoms with Crippen molar-refractivity contribution < 1.29 is 55.1 Å². The maximum atomic E-state index is 9.78. The first-order valence-corrected chi connectivity index (χ1v) is 7.07. The second kappa shape index (κ2) is 7.63. The van der Waals surface area contributed by atoms with E-state index < -0.39 is 74.6 Å². The van der Waals surface area contributed by atoms with Gasteiger partial charge in [-0.2, -0.15) is 0 Å². The van der Waals surface area contributed by atoms with Crippen molar-refractivity contribution in [2.75, 3.05) is 13.2 Å². The van der Waals surface area contributed by atoms with Crippen LogP contribution in [0.1, 0.15) is 0 Å². The van der Waals surface area contributed by atoms with Crippen LogP contribution in [0.15, 0.2) is 0 Å². The molecule has 0 saturated carbocycles.